The molecule has 3 heterocycles. The monoisotopic (exact) mass is 482 g/mol. The molecule has 0 amide bonds. The van der Waals surface area contributed by atoms with Gasteiger partial charge in [-0.3, -0.25) is 0 Å². The highest BCUT2D eigenvalue weighted by Gasteiger charge is 2.20. The molecule has 192 valence electrons. The molecule has 0 aromatic rings. The lowest BCUT2D eigenvalue weighted by molar-refractivity contribution is -0.142. The Balaban J connectivity index is 1.67. The van der Waals surface area contributed by atoms with Crippen molar-refractivity contribution >= 4 is 5.97 Å². The number of cyclic esters (lactones) is 1. The van der Waals surface area contributed by atoms with Crippen LogP contribution in [0.25, 0.3) is 0 Å². The third kappa shape index (κ3) is 10.5. The normalized spacial score (nSPS) is 36.9. The summed E-state index contributed by atoms with van der Waals surface area (Å²) in [7, 11) is 0. The molecule has 2 bridgehead atoms. The van der Waals surface area contributed by atoms with Gasteiger partial charge >= 0.3 is 5.97 Å². The zero-order chi connectivity index (χ0) is 25.0. The van der Waals surface area contributed by atoms with Crippen LogP contribution in [0.5, 0.6) is 0 Å². The van der Waals surface area contributed by atoms with Crippen molar-refractivity contribution in [1.82, 2.24) is 0 Å². The van der Waals surface area contributed by atoms with E-state index in [9.17, 15) is 9.90 Å². The van der Waals surface area contributed by atoms with Crippen LogP contribution in [0.15, 0.2) is 71.9 Å². The third-order valence-electron chi connectivity index (χ3n) is 6.56. The number of allylic oxidation sites excluding steroid dienone is 1. The van der Waals surface area contributed by atoms with Gasteiger partial charge in [-0.2, -0.15) is 0 Å². The lowest BCUT2D eigenvalue weighted by atomic mass is 9.93. The van der Waals surface area contributed by atoms with Gasteiger partial charge in [-0.15, -0.1) is 0 Å². The first-order chi connectivity index (χ1) is 16.9. The van der Waals surface area contributed by atoms with Crippen molar-refractivity contribution in [2.45, 2.75) is 96.2 Å². The average Bonchev–Trinajstić information content (AvgIpc) is 2.78. The molecule has 3 aliphatic heterocycles. The Labute approximate surface area is 210 Å². The first kappa shape index (κ1) is 27.4. The summed E-state index contributed by atoms with van der Waals surface area (Å²) in [6.45, 7) is 7.06. The molecular formula is C30H42O5. The highest BCUT2D eigenvalue weighted by atomic mass is 16.5. The SMILES string of the molecule is CC1=CCOC(/C=C/CC2C/C=C\C(O)/C=C(/C)CC(C)CC3CC=CC(C/C=C\C(=O)O2)O3)C1. The third-order valence-corrected chi connectivity index (χ3v) is 6.56. The van der Waals surface area contributed by atoms with Gasteiger partial charge < -0.3 is 19.3 Å². The molecule has 5 nitrogen and oxygen atoms in total. The molecule has 3 rings (SSSR count). The van der Waals surface area contributed by atoms with Crippen molar-refractivity contribution in [1.29, 1.82) is 0 Å². The van der Waals surface area contributed by atoms with Crippen molar-refractivity contribution in [3.05, 3.63) is 71.9 Å². The van der Waals surface area contributed by atoms with E-state index in [1.165, 1.54) is 17.2 Å². The standard InChI is InChI=1S/C30H42O5/c1-22-16-17-33-28(20-22)13-5-11-27-9-4-8-25(31)19-23(2)18-24(3)21-29-14-6-10-26(34-29)12-7-15-30(32)35-27/h4-8,10,13,15-16,19,24-29,31H,9,11-12,14,17-18,20-21H2,1-3H3/b8-4-,13-5+,15-7-,23-19-. The van der Waals surface area contributed by atoms with Gasteiger partial charge in [-0.05, 0) is 51.9 Å². The van der Waals surface area contributed by atoms with E-state index in [1.807, 2.05) is 24.3 Å². The predicted molar refractivity (Wildman–Crippen MR) is 140 cm³/mol. The number of carbonyl (C=O) groups is 1. The summed E-state index contributed by atoms with van der Waals surface area (Å²) in [6.07, 6.45) is 24.1. The molecule has 0 aromatic carbocycles. The molecule has 0 saturated heterocycles. The number of ether oxygens (including phenoxy) is 3. The average molecular weight is 483 g/mol. The number of aliphatic hydroxyl groups is 1. The summed E-state index contributed by atoms with van der Waals surface area (Å²) < 4.78 is 17.7. The first-order valence-corrected chi connectivity index (χ1v) is 13.0. The summed E-state index contributed by atoms with van der Waals surface area (Å²) in [5.41, 5.74) is 2.50. The van der Waals surface area contributed by atoms with Crippen LogP contribution in [-0.2, 0) is 19.0 Å². The number of rotatable bonds is 3. The molecule has 0 aromatic heterocycles. The summed E-state index contributed by atoms with van der Waals surface area (Å²) in [4.78, 5) is 12.5. The van der Waals surface area contributed by atoms with E-state index >= 15 is 0 Å². The number of hydrogen-bond acceptors (Lipinski definition) is 5. The lowest BCUT2D eigenvalue weighted by Gasteiger charge is -2.27. The Morgan fingerprint density at radius 3 is 2.71 bits per heavy atom. The minimum atomic E-state index is -0.656. The number of carbonyl (C=O) groups excluding carboxylic acids is 1. The maximum Gasteiger partial charge on any atom is 0.330 e. The van der Waals surface area contributed by atoms with Crippen molar-refractivity contribution in [3.63, 3.8) is 0 Å². The highest BCUT2D eigenvalue weighted by Crippen LogP contribution is 2.25. The van der Waals surface area contributed by atoms with Gasteiger partial charge in [0.05, 0.1) is 31.0 Å². The van der Waals surface area contributed by atoms with E-state index in [2.05, 4.69) is 45.1 Å². The van der Waals surface area contributed by atoms with Gasteiger partial charge in [0.2, 0.25) is 0 Å². The molecule has 0 fully saturated rings. The molecule has 0 aliphatic carbocycles. The van der Waals surface area contributed by atoms with Gasteiger partial charge in [0.15, 0.2) is 0 Å². The van der Waals surface area contributed by atoms with Crippen LogP contribution in [-0.4, -0.2) is 48.2 Å². The Hall–Kier alpha value is -2.21. The van der Waals surface area contributed by atoms with Gasteiger partial charge in [-0.1, -0.05) is 72.8 Å². The van der Waals surface area contributed by atoms with Crippen molar-refractivity contribution in [2.24, 2.45) is 5.92 Å². The van der Waals surface area contributed by atoms with E-state index in [0.717, 1.165) is 25.7 Å². The molecule has 1 N–H and O–H groups in total. The summed E-state index contributed by atoms with van der Waals surface area (Å²) in [6, 6.07) is 0. The smallest absolute Gasteiger partial charge is 0.330 e. The number of aliphatic hydroxyl groups excluding tert-OH is 1. The van der Waals surface area contributed by atoms with Crippen LogP contribution >= 0.6 is 0 Å². The van der Waals surface area contributed by atoms with E-state index in [0.29, 0.717) is 31.8 Å². The van der Waals surface area contributed by atoms with Gasteiger partial charge in [-0.25, -0.2) is 4.79 Å². The van der Waals surface area contributed by atoms with Crippen LogP contribution in [0.4, 0.5) is 0 Å². The Morgan fingerprint density at radius 1 is 1.06 bits per heavy atom. The highest BCUT2D eigenvalue weighted by molar-refractivity contribution is 5.82. The Bertz CT molecular complexity index is 862. The van der Waals surface area contributed by atoms with Crippen molar-refractivity contribution in [2.75, 3.05) is 6.61 Å². The minimum absolute atomic E-state index is 0.0167. The maximum atomic E-state index is 12.5. The fourth-order valence-electron chi connectivity index (χ4n) is 4.86. The van der Waals surface area contributed by atoms with Crippen LogP contribution in [0, 0.1) is 5.92 Å². The van der Waals surface area contributed by atoms with E-state index < -0.39 is 6.10 Å². The van der Waals surface area contributed by atoms with Crippen molar-refractivity contribution < 1.29 is 24.1 Å². The molecule has 6 unspecified atom stereocenters. The molecule has 0 radical (unpaired) electrons. The predicted octanol–water partition coefficient (Wildman–Crippen LogP) is 5.92. The van der Waals surface area contributed by atoms with E-state index in [4.69, 9.17) is 14.2 Å². The zero-order valence-electron chi connectivity index (χ0n) is 21.5. The van der Waals surface area contributed by atoms with Gasteiger partial charge in [0, 0.05) is 18.9 Å². The quantitative estimate of drug-likeness (QED) is 0.399. The molecular weight excluding hydrogens is 440 g/mol. The summed E-state index contributed by atoms with van der Waals surface area (Å²) >= 11 is 0. The zero-order valence-corrected chi connectivity index (χ0v) is 21.5. The molecule has 0 saturated carbocycles. The Kier molecular flexibility index (Phi) is 11.2. The van der Waals surface area contributed by atoms with Gasteiger partial charge in [0.25, 0.3) is 0 Å². The van der Waals surface area contributed by atoms with Crippen LogP contribution in [0.2, 0.25) is 0 Å². The second-order valence-electron chi connectivity index (χ2n) is 10.2. The van der Waals surface area contributed by atoms with E-state index in [1.54, 1.807) is 6.08 Å². The van der Waals surface area contributed by atoms with E-state index in [-0.39, 0.29) is 30.4 Å². The van der Waals surface area contributed by atoms with Crippen LogP contribution < -0.4 is 0 Å². The number of esters is 1. The number of fused-ring (bicyclic) bond motifs is 2. The molecule has 5 heteroatoms. The topological polar surface area (TPSA) is 65.0 Å². The Morgan fingerprint density at radius 2 is 1.89 bits per heavy atom. The minimum Gasteiger partial charge on any atom is -0.459 e. The number of hydrogen-bond donors (Lipinski definition) is 1. The largest absolute Gasteiger partial charge is 0.459 e. The van der Waals surface area contributed by atoms with Crippen LogP contribution in [0.3, 0.4) is 0 Å². The fourth-order valence-corrected chi connectivity index (χ4v) is 4.86. The maximum absolute atomic E-state index is 12.5. The first-order valence-electron chi connectivity index (χ1n) is 13.0. The van der Waals surface area contributed by atoms with Crippen LogP contribution in [0.1, 0.15) is 65.7 Å². The second-order valence-corrected chi connectivity index (χ2v) is 10.2. The summed E-state index contributed by atoms with van der Waals surface area (Å²) in [5, 5.41) is 10.5. The lowest BCUT2D eigenvalue weighted by Crippen LogP contribution is -2.25. The molecule has 6 atom stereocenters. The molecule has 35 heavy (non-hydrogen) atoms. The van der Waals surface area contributed by atoms with Crippen molar-refractivity contribution in [3.8, 4) is 0 Å². The second kappa shape index (κ2) is 14.4. The summed E-state index contributed by atoms with van der Waals surface area (Å²) in [5.74, 6) is 0.111. The van der Waals surface area contributed by atoms with Gasteiger partial charge in [0.1, 0.15) is 6.10 Å². The fraction of sp³-hybridized carbons (Fsp3) is 0.567. The molecule has 0 spiro atoms. The molecule has 3 aliphatic rings.